The number of benzene rings is 2. The summed E-state index contributed by atoms with van der Waals surface area (Å²) < 4.78 is 9.64. The van der Waals surface area contributed by atoms with Crippen LogP contribution in [0.25, 0.3) is 12.2 Å². The second-order valence-electron chi connectivity index (χ2n) is 5.44. The van der Waals surface area contributed by atoms with Crippen LogP contribution < -0.4 is 0 Å². The maximum Gasteiger partial charge on any atom is 0.333 e. The summed E-state index contributed by atoms with van der Waals surface area (Å²) >= 11 is 0. The maximum absolute atomic E-state index is 11.3. The first-order valence-corrected chi connectivity index (χ1v) is 8.43. The van der Waals surface area contributed by atoms with Gasteiger partial charge in [0.05, 0.1) is 0 Å². The molecule has 0 aliphatic heterocycles. The van der Waals surface area contributed by atoms with Crippen LogP contribution in [0.2, 0.25) is 0 Å². The minimum Gasteiger partial charge on any atom is -0.459 e. The van der Waals surface area contributed by atoms with Crippen molar-refractivity contribution in [2.45, 2.75) is 6.92 Å². The third-order valence-electron chi connectivity index (χ3n) is 3.16. The van der Waals surface area contributed by atoms with E-state index in [9.17, 15) is 9.59 Å². The highest BCUT2D eigenvalue weighted by Crippen LogP contribution is 2.01. The van der Waals surface area contributed by atoms with Gasteiger partial charge >= 0.3 is 11.9 Å². The zero-order valence-electron chi connectivity index (χ0n) is 15.5. The van der Waals surface area contributed by atoms with E-state index in [1.807, 2.05) is 66.7 Å². The van der Waals surface area contributed by atoms with Crippen molar-refractivity contribution in [2.24, 2.45) is 0 Å². The zero-order valence-corrected chi connectivity index (χ0v) is 15.5. The van der Waals surface area contributed by atoms with Gasteiger partial charge in [-0.15, -0.1) is 0 Å². The van der Waals surface area contributed by atoms with Crippen molar-refractivity contribution < 1.29 is 19.1 Å². The molecule has 0 atom stereocenters. The van der Waals surface area contributed by atoms with E-state index in [0.717, 1.165) is 5.56 Å². The van der Waals surface area contributed by atoms with Gasteiger partial charge in [-0.05, 0) is 24.1 Å². The van der Waals surface area contributed by atoms with Crippen LogP contribution in [0.1, 0.15) is 18.1 Å². The lowest BCUT2D eigenvalue weighted by Crippen LogP contribution is -2.12. The molecule has 2 aromatic carbocycles. The molecule has 0 aliphatic rings. The van der Waals surface area contributed by atoms with Crippen LogP contribution in [0.15, 0.2) is 85.5 Å². The smallest absolute Gasteiger partial charge is 0.333 e. The second kappa shape index (κ2) is 12.9. The van der Waals surface area contributed by atoms with E-state index in [1.54, 1.807) is 13.0 Å². The average Bonchev–Trinajstić information content (AvgIpc) is 2.71. The van der Waals surface area contributed by atoms with E-state index in [0.29, 0.717) is 5.57 Å². The Balaban J connectivity index is 0.000000377. The summed E-state index contributed by atoms with van der Waals surface area (Å²) in [6, 6.07) is 19.4. The molecule has 4 heteroatoms. The quantitative estimate of drug-likeness (QED) is 0.406. The van der Waals surface area contributed by atoms with E-state index >= 15 is 0 Å². The molecule has 0 aromatic heterocycles. The van der Waals surface area contributed by atoms with Gasteiger partial charge in [0.2, 0.25) is 0 Å². The molecule has 27 heavy (non-hydrogen) atoms. The van der Waals surface area contributed by atoms with Crippen LogP contribution in [-0.2, 0) is 19.1 Å². The van der Waals surface area contributed by atoms with Crippen molar-refractivity contribution in [1.29, 1.82) is 0 Å². The summed E-state index contributed by atoms with van der Waals surface area (Å²) in [5.74, 6) is -0.967. The van der Waals surface area contributed by atoms with E-state index in [1.165, 1.54) is 11.6 Å². The Morgan fingerprint density at radius 3 is 1.89 bits per heavy atom. The largest absolute Gasteiger partial charge is 0.459 e. The first-order valence-electron chi connectivity index (χ1n) is 8.43. The second-order valence-corrected chi connectivity index (χ2v) is 5.44. The van der Waals surface area contributed by atoms with E-state index < -0.39 is 11.9 Å². The van der Waals surface area contributed by atoms with Crippen molar-refractivity contribution in [3.63, 3.8) is 0 Å². The Morgan fingerprint density at radius 2 is 1.41 bits per heavy atom. The van der Waals surface area contributed by atoms with E-state index in [-0.39, 0.29) is 13.2 Å². The molecule has 0 saturated carbocycles. The molecule has 2 aromatic rings. The molecule has 0 unspecified atom stereocenters. The Kier molecular flexibility index (Phi) is 10.3. The molecular formula is C23H24O4. The van der Waals surface area contributed by atoms with Crippen molar-refractivity contribution >= 4 is 24.1 Å². The molecule has 0 saturated heterocycles. The highest BCUT2D eigenvalue weighted by molar-refractivity contribution is 5.87. The summed E-state index contributed by atoms with van der Waals surface area (Å²) in [7, 11) is 0. The molecule has 0 N–H and O–H groups in total. The Labute approximate surface area is 160 Å². The standard InChI is InChI=1S/C15H16O4.C8H8/c1-12(2)15(17)19-11-10-18-14(16)9-8-13-6-4-3-5-7-13;1-2-8-6-4-3-5-7-8/h3-9H,1,10-11H2,2H3;2-7H,1H2. The topological polar surface area (TPSA) is 52.6 Å². The van der Waals surface area contributed by atoms with Crippen LogP contribution in [-0.4, -0.2) is 25.2 Å². The van der Waals surface area contributed by atoms with Gasteiger partial charge in [0.1, 0.15) is 13.2 Å². The Bertz CT molecular complexity index is 761. The first-order chi connectivity index (χ1) is 13.0. The van der Waals surface area contributed by atoms with Gasteiger partial charge in [-0.3, -0.25) is 0 Å². The van der Waals surface area contributed by atoms with Crippen molar-refractivity contribution in [3.8, 4) is 0 Å². The predicted octanol–water partition coefficient (Wildman–Crippen LogP) is 4.69. The van der Waals surface area contributed by atoms with Crippen LogP contribution >= 0.6 is 0 Å². The Hall–Kier alpha value is -3.40. The molecule has 0 radical (unpaired) electrons. The van der Waals surface area contributed by atoms with Crippen molar-refractivity contribution in [1.82, 2.24) is 0 Å². The van der Waals surface area contributed by atoms with Gasteiger partial charge in [-0.1, -0.05) is 79.9 Å². The number of ether oxygens (including phenoxy) is 2. The monoisotopic (exact) mass is 364 g/mol. The molecule has 0 fully saturated rings. The highest BCUT2D eigenvalue weighted by Gasteiger charge is 2.03. The summed E-state index contributed by atoms with van der Waals surface area (Å²) in [5.41, 5.74) is 2.40. The predicted molar refractivity (Wildman–Crippen MR) is 109 cm³/mol. The fourth-order valence-electron chi connectivity index (χ4n) is 1.77. The summed E-state index contributed by atoms with van der Waals surface area (Å²) in [6.07, 6.45) is 4.82. The average molecular weight is 364 g/mol. The summed E-state index contributed by atoms with van der Waals surface area (Å²) in [4.78, 5) is 22.3. The molecule has 0 heterocycles. The van der Waals surface area contributed by atoms with Crippen LogP contribution in [0.4, 0.5) is 0 Å². The summed E-state index contributed by atoms with van der Waals surface area (Å²) in [6.45, 7) is 8.67. The maximum atomic E-state index is 11.3. The van der Waals surface area contributed by atoms with Gasteiger partial charge in [-0.25, -0.2) is 9.59 Å². The lowest BCUT2D eigenvalue weighted by molar-refractivity contribution is -0.146. The van der Waals surface area contributed by atoms with E-state index in [2.05, 4.69) is 13.2 Å². The molecule has 2 rings (SSSR count). The molecular weight excluding hydrogens is 340 g/mol. The lowest BCUT2D eigenvalue weighted by atomic mass is 10.2. The van der Waals surface area contributed by atoms with Gasteiger partial charge in [-0.2, -0.15) is 0 Å². The SMILES string of the molecule is C=C(C)C(=O)OCCOC(=O)C=Cc1ccccc1.C=Cc1ccccc1. The fourth-order valence-corrected chi connectivity index (χ4v) is 1.77. The van der Waals surface area contributed by atoms with E-state index in [4.69, 9.17) is 9.47 Å². The van der Waals surface area contributed by atoms with Gasteiger partial charge in [0.25, 0.3) is 0 Å². The first kappa shape index (κ1) is 21.6. The number of rotatable bonds is 7. The number of carbonyl (C=O) groups excluding carboxylic acids is 2. The van der Waals surface area contributed by atoms with Gasteiger partial charge < -0.3 is 9.47 Å². The Morgan fingerprint density at radius 1 is 0.889 bits per heavy atom. The van der Waals surface area contributed by atoms with Gasteiger partial charge in [0.15, 0.2) is 0 Å². The molecule has 0 amide bonds. The lowest BCUT2D eigenvalue weighted by Gasteiger charge is -2.04. The molecule has 0 spiro atoms. The van der Waals surface area contributed by atoms with Crippen LogP contribution in [0.3, 0.4) is 0 Å². The minimum atomic E-state index is -0.490. The number of hydrogen-bond acceptors (Lipinski definition) is 4. The third kappa shape index (κ3) is 10.2. The molecule has 0 bridgehead atoms. The van der Waals surface area contributed by atoms with Crippen LogP contribution in [0.5, 0.6) is 0 Å². The van der Waals surface area contributed by atoms with Crippen molar-refractivity contribution in [3.05, 3.63) is 96.6 Å². The normalized spacial score (nSPS) is 9.67. The third-order valence-corrected chi connectivity index (χ3v) is 3.16. The van der Waals surface area contributed by atoms with Crippen molar-refractivity contribution in [2.75, 3.05) is 13.2 Å². The highest BCUT2D eigenvalue weighted by atomic mass is 16.6. The molecule has 0 aliphatic carbocycles. The fraction of sp³-hybridized carbons (Fsp3) is 0.130. The number of hydrogen-bond donors (Lipinski definition) is 0. The number of carbonyl (C=O) groups is 2. The minimum absolute atomic E-state index is 0.0244. The zero-order chi connectivity index (χ0) is 19.9. The number of esters is 2. The molecule has 140 valence electrons. The summed E-state index contributed by atoms with van der Waals surface area (Å²) in [5, 5.41) is 0. The molecule has 4 nitrogen and oxygen atoms in total. The van der Waals surface area contributed by atoms with Gasteiger partial charge in [0, 0.05) is 11.6 Å². The van der Waals surface area contributed by atoms with Crippen LogP contribution in [0, 0.1) is 0 Å².